The van der Waals surface area contributed by atoms with Crippen LogP contribution in [-0.4, -0.2) is 29.9 Å². The highest BCUT2D eigenvalue weighted by Crippen LogP contribution is 2.08. The summed E-state index contributed by atoms with van der Waals surface area (Å²) in [5, 5.41) is 0.350. The molecule has 12 heavy (non-hydrogen) atoms. The molecule has 1 aromatic rings. The number of hydrogen-bond donors (Lipinski definition) is 0. The zero-order valence-electron chi connectivity index (χ0n) is 6.84. The molecule has 1 heterocycles. The number of pyridine rings is 1. The Labute approximate surface area is 76.0 Å². The highest BCUT2D eigenvalue weighted by molar-refractivity contribution is 6.30. The smallest absolute Gasteiger partial charge is 0.254 e. The van der Waals surface area contributed by atoms with Crippen LogP contribution in [-0.2, 0) is 0 Å². The molecule has 0 aliphatic rings. The SMILES string of the molecule is CN(C)C(=O)c1cn[c]c(Cl)c1. The van der Waals surface area contributed by atoms with E-state index >= 15 is 0 Å². The molecule has 3 nitrogen and oxygen atoms in total. The van der Waals surface area contributed by atoms with Crippen molar-refractivity contribution in [3.8, 4) is 0 Å². The summed E-state index contributed by atoms with van der Waals surface area (Å²) in [5.74, 6) is -0.113. The summed E-state index contributed by atoms with van der Waals surface area (Å²) in [6.45, 7) is 0. The highest BCUT2D eigenvalue weighted by Gasteiger charge is 2.07. The fraction of sp³-hybridized carbons (Fsp3) is 0.250. The largest absolute Gasteiger partial charge is 0.345 e. The van der Waals surface area contributed by atoms with Gasteiger partial charge in [0.15, 0.2) is 0 Å². The van der Waals surface area contributed by atoms with Crippen molar-refractivity contribution in [2.24, 2.45) is 0 Å². The van der Waals surface area contributed by atoms with E-state index in [1.165, 1.54) is 17.2 Å². The predicted molar refractivity (Wildman–Crippen MR) is 46.1 cm³/mol. The quantitative estimate of drug-likeness (QED) is 0.657. The third kappa shape index (κ3) is 1.95. The van der Waals surface area contributed by atoms with Crippen molar-refractivity contribution in [2.75, 3.05) is 14.1 Å². The summed E-state index contributed by atoms with van der Waals surface area (Å²) in [7, 11) is 3.35. The first-order chi connectivity index (χ1) is 5.61. The molecule has 0 atom stereocenters. The van der Waals surface area contributed by atoms with Gasteiger partial charge in [0.05, 0.1) is 10.6 Å². The number of amides is 1. The predicted octanol–water partition coefficient (Wildman–Crippen LogP) is 1.24. The fourth-order valence-corrected chi connectivity index (χ4v) is 0.911. The van der Waals surface area contributed by atoms with Crippen LogP contribution >= 0.6 is 11.6 Å². The average Bonchev–Trinajstić information content (AvgIpc) is 2.03. The van der Waals surface area contributed by atoms with Crippen LogP contribution in [0.1, 0.15) is 10.4 Å². The first-order valence-corrected chi connectivity index (χ1v) is 3.74. The summed E-state index contributed by atoms with van der Waals surface area (Å²) < 4.78 is 0. The van der Waals surface area contributed by atoms with Crippen molar-refractivity contribution in [3.63, 3.8) is 0 Å². The first-order valence-electron chi connectivity index (χ1n) is 3.36. The molecule has 4 heteroatoms. The van der Waals surface area contributed by atoms with Crippen LogP contribution in [0.25, 0.3) is 0 Å². The van der Waals surface area contributed by atoms with E-state index in [2.05, 4.69) is 11.2 Å². The topological polar surface area (TPSA) is 33.2 Å². The molecular formula is C8H8ClN2O. The van der Waals surface area contributed by atoms with Crippen molar-refractivity contribution >= 4 is 17.5 Å². The lowest BCUT2D eigenvalue weighted by atomic mass is 10.2. The van der Waals surface area contributed by atoms with Crippen LogP contribution in [0.5, 0.6) is 0 Å². The molecule has 1 amide bonds. The zero-order chi connectivity index (χ0) is 9.14. The van der Waals surface area contributed by atoms with Gasteiger partial charge in [-0.15, -0.1) is 0 Å². The van der Waals surface area contributed by atoms with E-state index in [0.29, 0.717) is 10.6 Å². The van der Waals surface area contributed by atoms with Gasteiger partial charge in [0.25, 0.3) is 5.91 Å². The van der Waals surface area contributed by atoms with E-state index in [-0.39, 0.29) is 5.91 Å². The second kappa shape index (κ2) is 3.54. The van der Waals surface area contributed by atoms with Gasteiger partial charge in [0.1, 0.15) is 6.20 Å². The molecule has 0 saturated carbocycles. The third-order valence-corrected chi connectivity index (χ3v) is 1.50. The molecule has 0 N–H and O–H groups in total. The van der Waals surface area contributed by atoms with E-state index in [1.807, 2.05) is 0 Å². The lowest BCUT2D eigenvalue weighted by molar-refractivity contribution is 0.0827. The van der Waals surface area contributed by atoms with E-state index in [1.54, 1.807) is 14.1 Å². The van der Waals surface area contributed by atoms with Gasteiger partial charge >= 0.3 is 0 Å². The molecule has 0 aromatic carbocycles. The van der Waals surface area contributed by atoms with Crippen LogP contribution in [0.4, 0.5) is 0 Å². The number of aromatic nitrogens is 1. The highest BCUT2D eigenvalue weighted by atomic mass is 35.5. The van der Waals surface area contributed by atoms with Crippen LogP contribution in [0.3, 0.4) is 0 Å². The van der Waals surface area contributed by atoms with Gasteiger partial charge in [-0.3, -0.25) is 9.78 Å². The van der Waals surface area contributed by atoms with Crippen LogP contribution in [0, 0.1) is 6.20 Å². The molecule has 1 radical (unpaired) electrons. The van der Waals surface area contributed by atoms with Crippen LogP contribution in [0.15, 0.2) is 12.3 Å². The van der Waals surface area contributed by atoms with E-state index in [0.717, 1.165) is 0 Å². The van der Waals surface area contributed by atoms with Gasteiger partial charge in [-0.1, -0.05) is 11.6 Å². The maximum absolute atomic E-state index is 11.3. The minimum atomic E-state index is -0.113. The molecule has 1 aromatic heterocycles. The normalized spacial score (nSPS) is 9.58. The second-order valence-corrected chi connectivity index (χ2v) is 2.92. The molecule has 0 saturated heterocycles. The maximum atomic E-state index is 11.3. The number of nitrogens with zero attached hydrogens (tertiary/aromatic N) is 2. The number of hydrogen-bond acceptors (Lipinski definition) is 2. The van der Waals surface area contributed by atoms with Crippen molar-refractivity contribution < 1.29 is 4.79 Å². The first kappa shape index (κ1) is 9.00. The Morgan fingerprint density at radius 1 is 1.67 bits per heavy atom. The van der Waals surface area contributed by atoms with Crippen LogP contribution in [0.2, 0.25) is 5.02 Å². The molecular weight excluding hydrogens is 176 g/mol. The summed E-state index contributed by atoms with van der Waals surface area (Å²) in [6, 6.07) is 1.54. The average molecular weight is 184 g/mol. The lowest BCUT2D eigenvalue weighted by Gasteiger charge is -2.09. The summed E-state index contributed by atoms with van der Waals surface area (Å²) in [6.07, 6.45) is 3.95. The number of carbonyl (C=O) groups excluding carboxylic acids is 1. The van der Waals surface area contributed by atoms with Gasteiger partial charge in [0.2, 0.25) is 0 Å². The van der Waals surface area contributed by atoms with Crippen molar-refractivity contribution in [3.05, 3.63) is 29.0 Å². The lowest BCUT2D eigenvalue weighted by Crippen LogP contribution is -2.21. The molecule has 63 valence electrons. The van der Waals surface area contributed by atoms with E-state index in [9.17, 15) is 4.79 Å². The second-order valence-electron chi connectivity index (χ2n) is 2.52. The van der Waals surface area contributed by atoms with Gasteiger partial charge in [-0.25, -0.2) is 0 Å². The Morgan fingerprint density at radius 2 is 2.33 bits per heavy atom. The molecule has 0 bridgehead atoms. The number of halogens is 1. The summed E-state index contributed by atoms with van der Waals surface area (Å²) in [4.78, 5) is 16.5. The van der Waals surface area contributed by atoms with Gasteiger partial charge in [-0.05, 0) is 6.07 Å². The standard InChI is InChI=1S/C8H8ClN2O/c1-11(2)8(12)6-3-7(9)5-10-4-6/h3-4H,1-2H3. The van der Waals surface area contributed by atoms with E-state index < -0.39 is 0 Å². The van der Waals surface area contributed by atoms with Crippen molar-refractivity contribution in [1.29, 1.82) is 0 Å². The molecule has 1 rings (SSSR count). The molecule has 0 aliphatic heterocycles. The van der Waals surface area contributed by atoms with Crippen molar-refractivity contribution in [2.45, 2.75) is 0 Å². The van der Waals surface area contributed by atoms with E-state index in [4.69, 9.17) is 11.6 Å². The Balaban J connectivity index is 2.96. The minimum Gasteiger partial charge on any atom is -0.345 e. The number of rotatable bonds is 1. The monoisotopic (exact) mass is 183 g/mol. The third-order valence-electron chi connectivity index (χ3n) is 1.31. The Hall–Kier alpha value is -1.09. The van der Waals surface area contributed by atoms with Gasteiger partial charge in [-0.2, -0.15) is 0 Å². The van der Waals surface area contributed by atoms with Gasteiger partial charge < -0.3 is 4.90 Å². The van der Waals surface area contributed by atoms with Gasteiger partial charge in [0, 0.05) is 20.3 Å². The molecule has 0 unspecified atom stereocenters. The Bertz CT molecular complexity index is 299. The molecule has 0 aliphatic carbocycles. The Kier molecular flexibility index (Phi) is 2.65. The van der Waals surface area contributed by atoms with Crippen molar-refractivity contribution in [1.82, 2.24) is 9.88 Å². The minimum absolute atomic E-state index is 0.113. The number of carbonyl (C=O) groups is 1. The maximum Gasteiger partial charge on any atom is 0.254 e. The van der Waals surface area contributed by atoms with Crippen LogP contribution < -0.4 is 0 Å². The summed E-state index contributed by atoms with van der Waals surface area (Å²) in [5.41, 5.74) is 0.476. The zero-order valence-corrected chi connectivity index (χ0v) is 7.59. The molecule has 0 fully saturated rings. The Morgan fingerprint density at radius 3 is 2.83 bits per heavy atom. The fourth-order valence-electron chi connectivity index (χ4n) is 0.745. The summed E-state index contributed by atoms with van der Waals surface area (Å²) >= 11 is 5.60. The molecule has 0 spiro atoms.